The number of benzene rings is 9. The lowest BCUT2D eigenvalue weighted by Crippen LogP contribution is -2.06. The van der Waals surface area contributed by atoms with Crippen molar-refractivity contribution in [3.8, 4) is 45.5 Å². The zero-order valence-electron chi connectivity index (χ0n) is 33.5. The van der Waals surface area contributed by atoms with Gasteiger partial charge in [-0.2, -0.15) is 0 Å². The molecular weight excluding hydrogens is 757 g/mol. The zero-order valence-corrected chi connectivity index (χ0v) is 33.5. The third-order valence-electron chi connectivity index (χ3n) is 12.5. The number of aromatic nitrogens is 6. The minimum Gasteiger partial charge on any atom is -0.309 e. The summed E-state index contributed by atoms with van der Waals surface area (Å²) in [6.45, 7) is 0. The first kappa shape index (κ1) is 34.4. The van der Waals surface area contributed by atoms with Crippen molar-refractivity contribution in [2.45, 2.75) is 0 Å². The Morgan fingerprint density at radius 1 is 0.258 bits per heavy atom. The fourth-order valence-corrected chi connectivity index (χ4v) is 9.95. The summed E-state index contributed by atoms with van der Waals surface area (Å²) in [5.41, 5.74) is 13.1. The van der Waals surface area contributed by atoms with Crippen molar-refractivity contribution in [3.05, 3.63) is 218 Å². The lowest BCUT2D eigenvalue weighted by Gasteiger charge is -2.19. The van der Waals surface area contributed by atoms with E-state index in [1.807, 2.05) is 12.1 Å². The van der Waals surface area contributed by atoms with Crippen LogP contribution in [-0.2, 0) is 0 Å². The molecule has 0 radical (unpaired) electrons. The molecule has 0 amide bonds. The van der Waals surface area contributed by atoms with Gasteiger partial charge in [0.15, 0.2) is 11.6 Å². The van der Waals surface area contributed by atoms with Crippen molar-refractivity contribution in [2.75, 3.05) is 0 Å². The van der Waals surface area contributed by atoms with E-state index in [2.05, 4.69) is 225 Å². The molecule has 0 unspecified atom stereocenters. The van der Waals surface area contributed by atoms with Gasteiger partial charge in [0.05, 0.1) is 50.2 Å². The summed E-state index contributed by atoms with van der Waals surface area (Å²) in [6.07, 6.45) is 0. The molecule has 4 heterocycles. The van der Waals surface area contributed by atoms with Gasteiger partial charge >= 0.3 is 0 Å². The van der Waals surface area contributed by atoms with Gasteiger partial charge < -0.3 is 13.7 Å². The van der Waals surface area contributed by atoms with E-state index in [4.69, 9.17) is 10.2 Å². The molecule has 0 aliphatic rings. The van der Waals surface area contributed by atoms with Crippen LogP contribution in [0, 0.1) is 0 Å². The first-order valence-corrected chi connectivity index (χ1v) is 21.0. The predicted octanol–water partition coefficient (Wildman–Crippen LogP) is 13.9. The zero-order chi connectivity index (χ0) is 40.7. The van der Waals surface area contributed by atoms with E-state index in [0.717, 1.165) is 73.0 Å². The van der Waals surface area contributed by atoms with E-state index in [0.29, 0.717) is 0 Å². The Morgan fingerprint density at radius 2 is 0.710 bits per heavy atom. The fourth-order valence-electron chi connectivity index (χ4n) is 9.95. The number of rotatable bonds is 6. The summed E-state index contributed by atoms with van der Waals surface area (Å²) >= 11 is 0. The number of fused-ring (bicyclic) bond motifs is 10. The Kier molecular flexibility index (Phi) is 7.50. The van der Waals surface area contributed by atoms with E-state index in [1.165, 1.54) is 38.0 Å². The van der Waals surface area contributed by atoms with E-state index in [1.54, 1.807) is 0 Å². The standard InChI is InChI=1S/C56H36N6/c1-4-19-37(20-5-1)55-57-58-56(38-21-6-2-7-22-38)62(55)51-34-18-28-42-40-25-11-14-30-46(40)61(53(42)51)49-33-17-16-32-48(49)60-47-31-15-12-27-44(47)52-50(60)36-35-43-41-26-10-13-29-45(41)59(54(43)52)39-23-8-3-9-24-39/h1-36H. The first-order valence-electron chi connectivity index (χ1n) is 21.0. The molecule has 6 heteroatoms. The third kappa shape index (κ3) is 4.92. The molecular formula is C56H36N6. The number of hydrogen-bond donors (Lipinski definition) is 0. The molecule has 0 aliphatic heterocycles. The maximum atomic E-state index is 4.90. The highest BCUT2D eigenvalue weighted by molar-refractivity contribution is 6.26. The molecule has 0 atom stereocenters. The topological polar surface area (TPSA) is 45.5 Å². The van der Waals surface area contributed by atoms with E-state index in [9.17, 15) is 0 Å². The van der Waals surface area contributed by atoms with Crippen LogP contribution < -0.4 is 0 Å². The van der Waals surface area contributed by atoms with Crippen LogP contribution >= 0.6 is 0 Å². The molecule has 0 fully saturated rings. The van der Waals surface area contributed by atoms with Gasteiger partial charge in [0.2, 0.25) is 0 Å². The van der Waals surface area contributed by atoms with Gasteiger partial charge in [-0.3, -0.25) is 4.57 Å². The lowest BCUT2D eigenvalue weighted by molar-refractivity contribution is 1.05. The molecule has 6 nitrogen and oxygen atoms in total. The Bertz CT molecular complexity index is 3790. The molecule has 9 aromatic carbocycles. The molecule has 0 spiro atoms. The average Bonchev–Trinajstić information content (AvgIpc) is 4.11. The Hall–Kier alpha value is -8.48. The highest BCUT2D eigenvalue weighted by Gasteiger charge is 2.26. The van der Waals surface area contributed by atoms with Crippen LogP contribution in [0.5, 0.6) is 0 Å². The van der Waals surface area contributed by atoms with Gasteiger partial charge in [0.1, 0.15) is 0 Å². The second kappa shape index (κ2) is 13.5. The third-order valence-corrected chi connectivity index (χ3v) is 12.5. The summed E-state index contributed by atoms with van der Waals surface area (Å²) < 4.78 is 9.62. The van der Waals surface area contributed by atoms with Crippen LogP contribution in [0.1, 0.15) is 0 Å². The van der Waals surface area contributed by atoms with Gasteiger partial charge in [-0.25, -0.2) is 0 Å². The number of nitrogens with zero attached hydrogens (tertiary/aromatic N) is 6. The van der Waals surface area contributed by atoms with Crippen molar-refractivity contribution in [2.24, 2.45) is 0 Å². The second-order valence-electron chi connectivity index (χ2n) is 15.8. The first-order chi connectivity index (χ1) is 30.8. The van der Waals surface area contributed by atoms with Crippen LogP contribution in [0.15, 0.2) is 218 Å². The van der Waals surface area contributed by atoms with Crippen LogP contribution in [0.3, 0.4) is 0 Å². The normalized spacial score (nSPS) is 11.9. The lowest BCUT2D eigenvalue weighted by atomic mass is 10.1. The van der Waals surface area contributed by atoms with E-state index in [-0.39, 0.29) is 0 Å². The fraction of sp³-hybridized carbons (Fsp3) is 0. The van der Waals surface area contributed by atoms with Crippen LogP contribution in [-0.4, -0.2) is 28.5 Å². The molecule has 290 valence electrons. The predicted molar refractivity (Wildman–Crippen MR) is 255 cm³/mol. The maximum Gasteiger partial charge on any atom is 0.168 e. The van der Waals surface area contributed by atoms with Gasteiger partial charge in [0, 0.05) is 49.1 Å². The van der Waals surface area contributed by atoms with Crippen molar-refractivity contribution in [1.29, 1.82) is 0 Å². The van der Waals surface area contributed by atoms with Crippen LogP contribution in [0.2, 0.25) is 0 Å². The average molecular weight is 793 g/mol. The van der Waals surface area contributed by atoms with Crippen molar-refractivity contribution in [3.63, 3.8) is 0 Å². The summed E-state index contributed by atoms with van der Waals surface area (Å²) in [5.74, 6) is 1.56. The molecule has 13 rings (SSSR count). The Balaban J connectivity index is 1.15. The number of para-hydroxylation sites is 7. The molecule has 13 aromatic rings. The van der Waals surface area contributed by atoms with Gasteiger partial charge in [-0.05, 0) is 54.6 Å². The molecule has 0 N–H and O–H groups in total. The minimum absolute atomic E-state index is 0.780. The molecule has 4 aromatic heterocycles. The molecule has 62 heavy (non-hydrogen) atoms. The van der Waals surface area contributed by atoms with Crippen molar-refractivity contribution in [1.82, 2.24) is 28.5 Å². The summed E-state index contributed by atoms with van der Waals surface area (Å²) in [4.78, 5) is 0. The molecule has 0 saturated carbocycles. The summed E-state index contributed by atoms with van der Waals surface area (Å²) in [7, 11) is 0. The summed E-state index contributed by atoms with van der Waals surface area (Å²) in [5, 5.41) is 17.0. The van der Waals surface area contributed by atoms with Gasteiger partial charge in [-0.15, -0.1) is 10.2 Å². The Morgan fingerprint density at radius 3 is 1.34 bits per heavy atom. The van der Waals surface area contributed by atoms with Crippen molar-refractivity contribution >= 4 is 65.4 Å². The van der Waals surface area contributed by atoms with E-state index >= 15 is 0 Å². The highest BCUT2D eigenvalue weighted by Crippen LogP contribution is 2.44. The summed E-state index contributed by atoms with van der Waals surface area (Å²) in [6, 6.07) is 78.0. The monoisotopic (exact) mass is 792 g/mol. The largest absolute Gasteiger partial charge is 0.309 e. The quantitative estimate of drug-likeness (QED) is 0.168. The molecule has 0 aliphatic carbocycles. The SMILES string of the molecule is c1ccc(-c2nnc(-c3ccccc3)n2-c2cccc3c4ccccc4n(-c4ccccc4-n4c5ccccc5c5c4ccc4c6ccccc6n(-c6ccccc6)c45)c23)cc1. The molecule has 0 saturated heterocycles. The van der Waals surface area contributed by atoms with Crippen LogP contribution in [0.25, 0.3) is 111 Å². The highest BCUT2D eigenvalue weighted by atomic mass is 15.3. The van der Waals surface area contributed by atoms with E-state index < -0.39 is 0 Å². The second-order valence-corrected chi connectivity index (χ2v) is 15.8. The van der Waals surface area contributed by atoms with Gasteiger partial charge in [0.25, 0.3) is 0 Å². The van der Waals surface area contributed by atoms with Gasteiger partial charge in [-0.1, -0.05) is 164 Å². The maximum absolute atomic E-state index is 4.90. The molecule has 0 bridgehead atoms. The van der Waals surface area contributed by atoms with Crippen LogP contribution in [0.4, 0.5) is 0 Å². The Labute approximate surface area is 356 Å². The van der Waals surface area contributed by atoms with Crippen molar-refractivity contribution < 1.29 is 0 Å². The smallest absolute Gasteiger partial charge is 0.168 e. The number of hydrogen-bond acceptors (Lipinski definition) is 2. The minimum atomic E-state index is 0.780.